The molecule has 0 unspecified atom stereocenters. The highest BCUT2D eigenvalue weighted by molar-refractivity contribution is 5.88. The first kappa shape index (κ1) is 16.2. The lowest BCUT2D eigenvalue weighted by Gasteiger charge is -2.37. The van der Waals surface area contributed by atoms with E-state index in [-0.39, 0.29) is 36.2 Å². The number of rotatable bonds is 4. The Kier molecular flexibility index (Phi) is 6.07. The van der Waals surface area contributed by atoms with Crippen molar-refractivity contribution in [2.24, 2.45) is 11.3 Å². The van der Waals surface area contributed by atoms with Crippen LogP contribution < -0.4 is 16.0 Å². The van der Waals surface area contributed by atoms with Crippen molar-refractivity contribution in [2.75, 3.05) is 26.2 Å². The molecule has 1 heterocycles. The highest BCUT2D eigenvalue weighted by Crippen LogP contribution is 2.43. The van der Waals surface area contributed by atoms with Crippen LogP contribution in [0.2, 0.25) is 0 Å². The number of hydrogen-bond donors (Lipinski definition) is 3. The van der Waals surface area contributed by atoms with Gasteiger partial charge in [0.2, 0.25) is 11.8 Å². The lowest BCUT2D eigenvalue weighted by Crippen LogP contribution is -2.50. The third kappa shape index (κ3) is 3.39. The molecule has 2 fully saturated rings. The van der Waals surface area contributed by atoms with Crippen molar-refractivity contribution in [3.63, 3.8) is 0 Å². The first-order valence-electron chi connectivity index (χ1n) is 6.95. The quantitative estimate of drug-likeness (QED) is 0.703. The lowest BCUT2D eigenvalue weighted by molar-refractivity contribution is -0.135. The summed E-state index contributed by atoms with van der Waals surface area (Å²) in [5, 5.41) is 8.84. The monoisotopic (exact) mass is 289 g/mol. The molecular formula is C13H24ClN3O2. The van der Waals surface area contributed by atoms with Crippen LogP contribution in [0.5, 0.6) is 0 Å². The summed E-state index contributed by atoms with van der Waals surface area (Å²) >= 11 is 0. The molecule has 2 aliphatic rings. The second kappa shape index (κ2) is 7.10. The van der Waals surface area contributed by atoms with E-state index in [4.69, 9.17) is 0 Å². The number of amides is 2. The summed E-state index contributed by atoms with van der Waals surface area (Å²) in [5.41, 5.74) is -0.259. The Bertz CT molecular complexity index is 338. The first-order valence-corrected chi connectivity index (χ1v) is 6.95. The molecule has 0 radical (unpaired) electrons. The molecule has 1 saturated heterocycles. The van der Waals surface area contributed by atoms with Gasteiger partial charge in [-0.05, 0) is 32.2 Å². The van der Waals surface area contributed by atoms with Crippen molar-refractivity contribution in [3.8, 4) is 0 Å². The fourth-order valence-electron chi connectivity index (χ4n) is 3.29. The van der Waals surface area contributed by atoms with E-state index in [2.05, 4.69) is 16.0 Å². The molecule has 0 bridgehead atoms. The molecule has 1 aliphatic heterocycles. The van der Waals surface area contributed by atoms with Crippen LogP contribution in [0.15, 0.2) is 0 Å². The second-order valence-electron chi connectivity index (χ2n) is 5.37. The summed E-state index contributed by atoms with van der Waals surface area (Å²) in [6.07, 6.45) is 4.41. The summed E-state index contributed by atoms with van der Waals surface area (Å²) in [6.45, 7) is 4.27. The number of halogens is 1. The summed E-state index contributed by atoms with van der Waals surface area (Å²) in [5.74, 6) is 0.393. The van der Waals surface area contributed by atoms with Crippen molar-refractivity contribution < 1.29 is 9.59 Å². The molecule has 3 N–H and O–H groups in total. The molecule has 0 aromatic rings. The Balaban J connectivity index is 0.00000180. The molecule has 2 amide bonds. The van der Waals surface area contributed by atoms with Crippen molar-refractivity contribution in [2.45, 2.75) is 32.6 Å². The van der Waals surface area contributed by atoms with E-state index in [0.29, 0.717) is 12.5 Å². The summed E-state index contributed by atoms with van der Waals surface area (Å²) in [7, 11) is 0. The van der Waals surface area contributed by atoms with Crippen LogP contribution in [0, 0.1) is 11.3 Å². The van der Waals surface area contributed by atoms with Crippen LogP contribution >= 0.6 is 12.4 Å². The van der Waals surface area contributed by atoms with Gasteiger partial charge >= 0.3 is 0 Å². The summed E-state index contributed by atoms with van der Waals surface area (Å²) in [6, 6.07) is 0. The highest BCUT2D eigenvalue weighted by Gasteiger charge is 2.49. The summed E-state index contributed by atoms with van der Waals surface area (Å²) < 4.78 is 0. The smallest absolute Gasteiger partial charge is 0.239 e. The number of likely N-dealkylation sites (N-methyl/N-ethyl adjacent to an activating group) is 1. The predicted molar refractivity (Wildman–Crippen MR) is 76.2 cm³/mol. The maximum atomic E-state index is 12.4. The molecule has 0 spiro atoms. The highest BCUT2D eigenvalue weighted by atomic mass is 35.5. The Morgan fingerprint density at radius 3 is 2.84 bits per heavy atom. The zero-order valence-electron chi connectivity index (χ0n) is 11.5. The zero-order chi connectivity index (χ0) is 13.0. The topological polar surface area (TPSA) is 70.2 Å². The fourth-order valence-corrected chi connectivity index (χ4v) is 3.29. The fraction of sp³-hybridized carbons (Fsp3) is 0.846. The Morgan fingerprint density at radius 1 is 1.32 bits per heavy atom. The third-order valence-corrected chi connectivity index (χ3v) is 4.27. The minimum absolute atomic E-state index is 0. The van der Waals surface area contributed by atoms with E-state index < -0.39 is 0 Å². The van der Waals surface area contributed by atoms with Gasteiger partial charge in [0, 0.05) is 13.1 Å². The van der Waals surface area contributed by atoms with Gasteiger partial charge in [-0.1, -0.05) is 12.8 Å². The van der Waals surface area contributed by atoms with E-state index >= 15 is 0 Å². The molecule has 2 rings (SSSR count). The molecule has 0 aromatic heterocycles. The van der Waals surface area contributed by atoms with Gasteiger partial charge in [0.15, 0.2) is 0 Å². The number of fused-ring (bicyclic) bond motifs is 1. The average molecular weight is 290 g/mol. The molecule has 5 nitrogen and oxygen atoms in total. The molecule has 0 aromatic carbocycles. The molecule has 6 heteroatoms. The maximum absolute atomic E-state index is 12.4. The van der Waals surface area contributed by atoms with Crippen LogP contribution in [0.1, 0.15) is 32.6 Å². The van der Waals surface area contributed by atoms with E-state index in [0.717, 1.165) is 32.4 Å². The van der Waals surface area contributed by atoms with Crippen LogP contribution in [-0.2, 0) is 9.59 Å². The van der Waals surface area contributed by atoms with Gasteiger partial charge in [-0.25, -0.2) is 0 Å². The molecule has 1 saturated carbocycles. The molecular weight excluding hydrogens is 266 g/mol. The van der Waals surface area contributed by atoms with Crippen LogP contribution in [-0.4, -0.2) is 38.0 Å². The Labute approximate surface area is 120 Å². The zero-order valence-corrected chi connectivity index (χ0v) is 12.3. The minimum atomic E-state index is -0.259. The molecule has 19 heavy (non-hydrogen) atoms. The third-order valence-electron chi connectivity index (χ3n) is 4.27. The number of nitrogens with one attached hydrogen (secondary N) is 3. The minimum Gasteiger partial charge on any atom is -0.355 e. The van der Waals surface area contributed by atoms with Gasteiger partial charge in [0.05, 0.1) is 12.0 Å². The lowest BCUT2D eigenvalue weighted by atomic mass is 9.67. The molecule has 110 valence electrons. The van der Waals surface area contributed by atoms with Crippen molar-refractivity contribution in [3.05, 3.63) is 0 Å². The SMILES string of the molecule is CCNC(=O)CNC(=O)[C@@]12CCCC[C@H]1CNC2.Cl. The van der Waals surface area contributed by atoms with Gasteiger partial charge in [0.1, 0.15) is 0 Å². The van der Waals surface area contributed by atoms with Crippen LogP contribution in [0.3, 0.4) is 0 Å². The summed E-state index contributed by atoms with van der Waals surface area (Å²) in [4.78, 5) is 23.8. The van der Waals surface area contributed by atoms with Gasteiger partial charge in [-0.3, -0.25) is 9.59 Å². The second-order valence-corrected chi connectivity index (χ2v) is 5.37. The van der Waals surface area contributed by atoms with E-state index in [1.54, 1.807) is 0 Å². The van der Waals surface area contributed by atoms with Crippen molar-refractivity contribution in [1.82, 2.24) is 16.0 Å². The standard InChI is InChI=1S/C13H23N3O2.ClH/c1-2-15-11(17)8-16-12(18)13-6-4-3-5-10(13)7-14-9-13;/h10,14H,2-9H2,1H3,(H,15,17)(H,16,18);1H/t10-,13+;/m0./s1. The van der Waals surface area contributed by atoms with Crippen LogP contribution in [0.25, 0.3) is 0 Å². The van der Waals surface area contributed by atoms with Gasteiger partial charge < -0.3 is 16.0 Å². The van der Waals surface area contributed by atoms with E-state index in [1.165, 1.54) is 6.42 Å². The predicted octanol–water partition coefficient (Wildman–Crippen LogP) is 0.440. The first-order chi connectivity index (χ1) is 8.69. The van der Waals surface area contributed by atoms with Crippen molar-refractivity contribution >= 4 is 24.2 Å². The molecule has 1 aliphatic carbocycles. The largest absolute Gasteiger partial charge is 0.355 e. The van der Waals surface area contributed by atoms with E-state index in [9.17, 15) is 9.59 Å². The number of carbonyl (C=O) groups excluding carboxylic acids is 2. The van der Waals surface area contributed by atoms with E-state index in [1.807, 2.05) is 6.92 Å². The van der Waals surface area contributed by atoms with Crippen LogP contribution in [0.4, 0.5) is 0 Å². The number of carbonyl (C=O) groups is 2. The van der Waals surface area contributed by atoms with Crippen molar-refractivity contribution in [1.29, 1.82) is 0 Å². The normalized spacial score (nSPS) is 29.0. The average Bonchev–Trinajstić information content (AvgIpc) is 2.81. The van der Waals surface area contributed by atoms with Gasteiger partial charge in [-0.15, -0.1) is 12.4 Å². The number of hydrogen-bond acceptors (Lipinski definition) is 3. The Hall–Kier alpha value is -0.810. The Morgan fingerprint density at radius 2 is 2.11 bits per heavy atom. The van der Waals surface area contributed by atoms with Gasteiger partial charge in [-0.2, -0.15) is 0 Å². The molecule has 2 atom stereocenters. The maximum Gasteiger partial charge on any atom is 0.239 e. The van der Waals surface area contributed by atoms with Gasteiger partial charge in [0.25, 0.3) is 0 Å².